The summed E-state index contributed by atoms with van der Waals surface area (Å²) in [5, 5.41) is 9.60. The van der Waals surface area contributed by atoms with Gasteiger partial charge in [-0.3, -0.25) is 9.79 Å². The van der Waals surface area contributed by atoms with Gasteiger partial charge in [-0.2, -0.15) is 0 Å². The fourth-order valence-corrected chi connectivity index (χ4v) is 3.27. The molecule has 1 unspecified atom stereocenters. The Morgan fingerprint density at radius 3 is 2.66 bits per heavy atom. The van der Waals surface area contributed by atoms with Gasteiger partial charge >= 0.3 is 0 Å². The van der Waals surface area contributed by atoms with Crippen LogP contribution in [0, 0.1) is 0 Å². The second-order valence-corrected chi connectivity index (χ2v) is 6.78. The molecule has 1 aliphatic rings. The normalized spacial score (nSPS) is 15.6. The lowest BCUT2D eigenvalue weighted by molar-refractivity contribution is -0.116. The SMILES string of the molecule is CN=C(NCCCCOc1ccccc1)NCC1CC(=O)Nc2ccccc21.I. The number of anilines is 1. The van der Waals surface area contributed by atoms with Gasteiger partial charge in [-0.1, -0.05) is 36.4 Å². The highest BCUT2D eigenvalue weighted by molar-refractivity contribution is 14.0. The molecule has 0 aromatic heterocycles. The molecule has 156 valence electrons. The molecular formula is C22H29IN4O2. The second kappa shape index (κ2) is 12.3. The number of unbranched alkanes of at least 4 members (excludes halogenated alkanes) is 1. The van der Waals surface area contributed by atoms with Crippen molar-refractivity contribution in [3.05, 3.63) is 60.2 Å². The standard InChI is InChI=1S/C22H28N4O2.HI/c1-23-22(24-13-7-8-14-28-18-9-3-2-4-10-18)25-16-17-15-21(27)26-20-12-6-5-11-19(17)20;/h2-6,9-12,17H,7-8,13-16H2,1H3,(H,26,27)(H2,23,24,25);1H. The van der Waals surface area contributed by atoms with Crippen molar-refractivity contribution in [2.75, 3.05) is 32.1 Å². The van der Waals surface area contributed by atoms with Crippen molar-refractivity contribution < 1.29 is 9.53 Å². The lowest BCUT2D eigenvalue weighted by atomic mass is 9.90. The number of amides is 1. The molecule has 3 N–H and O–H groups in total. The first-order chi connectivity index (χ1) is 13.8. The molecule has 0 radical (unpaired) electrons. The molecule has 0 bridgehead atoms. The van der Waals surface area contributed by atoms with Gasteiger partial charge in [0.1, 0.15) is 5.75 Å². The molecule has 3 rings (SSSR count). The van der Waals surface area contributed by atoms with Crippen molar-refractivity contribution in [2.24, 2.45) is 4.99 Å². The Labute approximate surface area is 189 Å². The van der Waals surface area contributed by atoms with E-state index in [4.69, 9.17) is 4.74 Å². The molecule has 0 spiro atoms. The van der Waals surface area contributed by atoms with Crippen molar-refractivity contribution in [1.29, 1.82) is 0 Å². The third-order valence-electron chi connectivity index (χ3n) is 4.72. The van der Waals surface area contributed by atoms with E-state index < -0.39 is 0 Å². The van der Waals surface area contributed by atoms with Gasteiger partial charge in [-0.15, -0.1) is 24.0 Å². The van der Waals surface area contributed by atoms with Crippen LogP contribution in [0.2, 0.25) is 0 Å². The zero-order valence-electron chi connectivity index (χ0n) is 16.7. The number of guanidine groups is 1. The third kappa shape index (κ3) is 7.23. The number of nitrogens with zero attached hydrogens (tertiary/aromatic N) is 1. The molecule has 2 aromatic rings. The zero-order valence-corrected chi connectivity index (χ0v) is 19.0. The van der Waals surface area contributed by atoms with Gasteiger partial charge in [-0.25, -0.2) is 0 Å². The van der Waals surface area contributed by atoms with Gasteiger partial charge in [0, 0.05) is 38.2 Å². The molecular weight excluding hydrogens is 479 g/mol. The predicted octanol–water partition coefficient (Wildman–Crippen LogP) is 3.75. The van der Waals surface area contributed by atoms with Crippen LogP contribution in [0.15, 0.2) is 59.6 Å². The first-order valence-electron chi connectivity index (χ1n) is 9.77. The average molecular weight is 508 g/mol. The largest absolute Gasteiger partial charge is 0.494 e. The summed E-state index contributed by atoms with van der Waals surface area (Å²) >= 11 is 0. The topological polar surface area (TPSA) is 74.8 Å². The molecule has 0 saturated carbocycles. The van der Waals surface area contributed by atoms with E-state index in [-0.39, 0.29) is 35.8 Å². The number of para-hydroxylation sites is 2. The molecule has 2 aromatic carbocycles. The van der Waals surface area contributed by atoms with Gasteiger partial charge in [0.25, 0.3) is 0 Å². The minimum Gasteiger partial charge on any atom is -0.494 e. The van der Waals surface area contributed by atoms with Crippen molar-refractivity contribution in [3.63, 3.8) is 0 Å². The number of carbonyl (C=O) groups excluding carboxylic acids is 1. The van der Waals surface area contributed by atoms with Crippen LogP contribution in [0.4, 0.5) is 5.69 Å². The second-order valence-electron chi connectivity index (χ2n) is 6.78. The van der Waals surface area contributed by atoms with Gasteiger partial charge in [0.2, 0.25) is 5.91 Å². The van der Waals surface area contributed by atoms with Crippen LogP contribution < -0.4 is 20.7 Å². The maximum atomic E-state index is 11.9. The summed E-state index contributed by atoms with van der Waals surface area (Å²) in [6.07, 6.45) is 2.44. The van der Waals surface area contributed by atoms with E-state index in [1.165, 1.54) is 5.56 Å². The Kier molecular flexibility index (Phi) is 9.76. The Bertz CT molecular complexity index is 798. The highest BCUT2D eigenvalue weighted by atomic mass is 127. The molecule has 0 aliphatic carbocycles. The third-order valence-corrected chi connectivity index (χ3v) is 4.72. The van der Waals surface area contributed by atoms with E-state index in [1.54, 1.807) is 7.05 Å². The minimum absolute atomic E-state index is 0. The number of ether oxygens (including phenoxy) is 1. The lowest BCUT2D eigenvalue weighted by Crippen LogP contribution is -2.41. The van der Waals surface area contributed by atoms with E-state index in [9.17, 15) is 4.79 Å². The van der Waals surface area contributed by atoms with Crippen molar-refractivity contribution in [3.8, 4) is 5.75 Å². The molecule has 6 nitrogen and oxygen atoms in total. The summed E-state index contributed by atoms with van der Waals surface area (Å²) in [6, 6.07) is 17.8. The van der Waals surface area contributed by atoms with Crippen molar-refractivity contribution in [1.82, 2.24) is 10.6 Å². The number of carbonyl (C=O) groups is 1. The molecule has 1 amide bonds. The molecule has 29 heavy (non-hydrogen) atoms. The Morgan fingerprint density at radius 2 is 1.86 bits per heavy atom. The molecule has 0 saturated heterocycles. The average Bonchev–Trinajstić information content (AvgIpc) is 2.73. The van der Waals surface area contributed by atoms with Crippen molar-refractivity contribution >= 4 is 41.5 Å². The van der Waals surface area contributed by atoms with E-state index in [0.717, 1.165) is 36.8 Å². The monoisotopic (exact) mass is 508 g/mol. The summed E-state index contributed by atoms with van der Waals surface area (Å²) < 4.78 is 5.70. The fraction of sp³-hybridized carbons (Fsp3) is 0.364. The number of fused-ring (bicyclic) bond motifs is 1. The summed E-state index contributed by atoms with van der Waals surface area (Å²) in [5.74, 6) is 1.87. The van der Waals surface area contributed by atoms with Crippen LogP contribution in [0.1, 0.15) is 30.7 Å². The fourth-order valence-electron chi connectivity index (χ4n) is 3.27. The maximum Gasteiger partial charge on any atom is 0.225 e. The predicted molar refractivity (Wildman–Crippen MR) is 128 cm³/mol. The maximum absolute atomic E-state index is 11.9. The van der Waals surface area contributed by atoms with Crippen LogP contribution in [-0.4, -0.2) is 38.6 Å². The summed E-state index contributed by atoms with van der Waals surface area (Å²) in [6.45, 7) is 2.19. The lowest BCUT2D eigenvalue weighted by Gasteiger charge is -2.26. The van der Waals surface area contributed by atoms with Crippen LogP contribution in [0.5, 0.6) is 5.75 Å². The zero-order chi connectivity index (χ0) is 19.6. The molecule has 1 aliphatic heterocycles. The van der Waals surface area contributed by atoms with Gasteiger partial charge < -0.3 is 20.7 Å². The minimum atomic E-state index is 0. The Hall–Kier alpha value is -2.29. The van der Waals surface area contributed by atoms with Crippen LogP contribution in [0.25, 0.3) is 0 Å². The molecule has 1 heterocycles. The first kappa shape index (κ1) is 23.0. The van der Waals surface area contributed by atoms with E-state index in [0.29, 0.717) is 19.6 Å². The molecule has 0 fully saturated rings. The van der Waals surface area contributed by atoms with Gasteiger partial charge in [-0.05, 0) is 36.6 Å². The van der Waals surface area contributed by atoms with Gasteiger partial charge in [0.15, 0.2) is 5.96 Å². The Balaban J connectivity index is 0.00000300. The summed E-state index contributed by atoms with van der Waals surface area (Å²) in [5.41, 5.74) is 2.08. The van der Waals surface area contributed by atoms with Crippen LogP contribution >= 0.6 is 24.0 Å². The first-order valence-corrected chi connectivity index (χ1v) is 9.77. The quantitative estimate of drug-likeness (QED) is 0.220. The Morgan fingerprint density at radius 1 is 1.10 bits per heavy atom. The summed E-state index contributed by atoms with van der Waals surface area (Å²) in [4.78, 5) is 16.2. The highest BCUT2D eigenvalue weighted by Crippen LogP contribution is 2.31. The highest BCUT2D eigenvalue weighted by Gasteiger charge is 2.24. The summed E-state index contributed by atoms with van der Waals surface area (Å²) in [7, 11) is 1.76. The van der Waals surface area contributed by atoms with Gasteiger partial charge in [0.05, 0.1) is 6.61 Å². The van der Waals surface area contributed by atoms with Crippen LogP contribution in [-0.2, 0) is 4.79 Å². The number of benzene rings is 2. The van der Waals surface area contributed by atoms with E-state index in [1.807, 2.05) is 48.5 Å². The molecule has 7 heteroatoms. The van der Waals surface area contributed by atoms with Crippen LogP contribution in [0.3, 0.4) is 0 Å². The van der Waals surface area contributed by atoms with Crippen molar-refractivity contribution in [2.45, 2.75) is 25.2 Å². The smallest absolute Gasteiger partial charge is 0.225 e. The number of aliphatic imine (C=N–C) groups is 1. The number of halogens is 1. The molecule has 1 atom stereocenters. The van der Waals surface area contributed by atoms with E-state index >= 15 is 0 Å². The number of hydrogen-bond acceptors (Lipinski definition) is 3. The number of hydrogen-bond donors (Lipinski definition) is 3. The number of nitrogens with one attached hydrogen (secondary N) is 3. The van der Waals surface area contributed by atoms with E-state index in [2.05, 4.69) is 27.0 Å². The number of rotatable bonds is 8.